The van der Waals surface area contributed by atoms with E-state index < -0.39 is 41.3 Å². The molecule has 1 aromatic carbocycles. The number of aromatic nitrogens is 1. The Morgan fingerprint density at radius 2 is 1.79 bits per heavy atom. The van der Waals surface area contributed by atoms with Crippen molar-refractivity contribution in [3.05, 3.63) is 41.1 Å². The highest BCUT2D eigenvalue weighted by atomic mass is 19.4. The van der Waals surface area contributed by atoms with Crippen LogP contribution in [0.4, 0.5) is 26.3 Å². The van der Waals surface area contributed by atoms with Crippen LogP contribution in [0.5, 0.6) is 0 Å². The quantitative estimate of drug-likeness (QED) is 0.624. The van der Waals surface area contributed by atoms with E-state index in [1.54, 1.807) is 6.92 Å². The van der Waals surface area contributed by atoms with Gasteiger partial charge in [0.05, 0.1) is 17.2 Å². The van der Waals surface area contributed by atoms with Gasteiger partial charge in [-0.3, -0.25) is 0 Å². The molecule has 3 N–H and O–H groups in total. The second-order valence-electron chi connectivity index (χ2n) is 6.61. The highest BCUT2D eigenvalue weighted by Crippen LogP contribution is 2.39. The van der Waals surface area contributed by atoms with Crippen molar-refractivity contribution in [3.63, 3.8) is 0 Å². The number of hydrogen-bond acceptors (Lipinski definition) is 4. The highest BCUT2D eigenvalue weighted by Gasteiger charge is 2.38. The molecule has 0 bridgehead atoms. The van der Waals surface area contributed by atoms with E-state index >= 15 is 0 Å². The Morgan fingerprint density at radius 3 is 2.31 bits per heavy atom. The van der Waals surface area contributed by atoms with E-state index in [2.05, 4.69) is 10.3 Å². The van der Waals surface area contributed by atoms with E-state index in [0.29, 0.717) is 25.1 Å². The van der Waals surface area contributed by atoms with Gasteiger partial charge in [-0.05, 0) is 44.0 Å². The van der Waals surface area contributed by atoms with Gasteiger partial charge in [-0.1, -0.05) is 18.6 Å². The summed E-state index contributed by atoms with van der Waals surface area (Å²) < 4.78 is 79.3. The number of para-hydroxylation sites is 1. The van der Waals surface area contributed by atoms with Gasteiger partial charge in [0.2, 0.25) is 0 Å². The number of aliphatic hydroxyl groups excluding tert-OH is 2. The van der Waals surface area contributed by atoms with Gasteiger partial charge in [0.25, 0.3) is 0 Å². The van der Waals surface area contributed by atoms with Crippen LogP contribution in [0.15, 0.2) is 24.3 Å². The third kappa shape index (κ3) is 5.58. The second-order valence-corrected chi connectivity index (χ2v) is 6.61. The fourth-order valence-corrected chi connectivity index (χ4v) is 3.26. The van der Waals surface area contributed by atoms with Gasteiger partial charge < -0.3 is 15.5 Å². The first-order valence-electron chi connectivity index (χ1n) is 9.11. The summed E-state index contributed by atoms with van der Waals surface area (Å²) in [6.45, 7) is 2.52. The van der Waals surface area contributed by atoms with Crippen LogP contribution >= 0.6 is 0 Å². The average molecular weight is 424 g/mol. The van der Waals surface area contributed by atoms with Crippen molar-refractivity contribution >= 4 is 10.9 Å². The number of halogens is 6. The minimum Gasteiger partial charge on any atom is -0.397 e. The van der Waals surface area contributed by atoms with E-state index in [-0.39, 0.29) is 17.6 Å². The zero-order chi connectivity index (χ0) is 21.8. The summed E-state index contributed by atoms with van der Waals surface area (Å²) in [5, 5.41) is 21.0. The number of fused-ring (bicyclic) bond motifs is 1. The molecule has 2 atom stereocenters. The lowest BCUT2D eigenvalue weighted by Gasteiger charge is -2.29. The zero-order valence-corrected chi connectivity index (χ0v) is 15.6. The van der Waals surface area contributed by atoms with Gasteiger partial charge in [0.15, 0.2) is 0 Å². The van der Waals surface area contributed by atoms with Crippen LogP contribution in [0.1, 0.15) is 49.1 Å². The number of piperidine rings is 1. The molecule has 2 heterocycles. The molecule has 3 rings (SSSR count). The second kappa shape index (κ2) is 9.27. The first kappa shape index (κ1) is 23.4. The Hall–Kier alpha value is -1.91. The van der Waals surface area contributed by atoms with Crippen LogP contribution in [0, 0.1) is 0 Å². The monoisotopic (exact) mass is 424 g/mol. The molecule has 0 radical (unpaired) electrons. The maximum absolute atomic E-state index is 13.2. The number of nitrogens with zero attached hydrogens (tertiary/aromatic N) is 1. The smallest absolute Gasteiger partial charge is 0.397 e. The Morgan fingerprint density at radius 1 is 1.14 bits per heavy atom. The lowest BCUT2D eigenvalue weighted by atomic mass is 9.91. The molecule has 0 aliphatic carbocycles. The van der Waals surface area contributed by atoms with E-state index in [0.717, 1.165) is 18.9 Å². The largest absolute Gasteiger partial charge is 0.433 e. The van der Waals surface area contributed by atoms with Crippen molar-refractivity contribution in [1.82, 2.24) is 10.3 Å². The van der Waals surface area contributed by atoms with Crippen LogP contribution in [-0.2, 0) is 12.4 Å². The Balaban J connectivity index is 0.000000941. The maximum Gasteiger partial charge on any atom is 0.433 e. The molecule has 0 unspecified atom stereocenters. The number of nitrogens with one attached hydrogen (secondary N) is 1. The third-order valence-electron chi connectivity index (χ3n) is 4.52. The summed E-state index contributed by atoms with van der Waals surface area (Å²) in [6, 6.07) is 3.16. The molecule has 0 spiro atoms. The normalized spacial score (nSPS) is 18.9. The molecule has 1 saturated heterocycles. The van der Waals surface area contributed by atoms with Crippen molar-refractivity contribution < 1.29 is 36.6 Å². The van der Waals surface area contributed by atoms with E-state index in [1.807, 2.05) is 0 Å². The van der Waals surface area contributed by atoms with Crippen molar-refractivity contribution in [1.29, 1.82) is 0 Å². The molecule has 1 aromatic heterocycles. The molecule has 162 valence electrons. The molecule has 29 heavy (non-hydrogen) atoms. The summed E-state index contributed by atoms with van der Waals surface area (Å²) in [6.07, 6.45) is -9.00. The zero-order valence-electron chi connectivity index (χ0n) is 15.6. The molecule has 10 heteroatoms. The molecule has 1 fully saturated rings. The maximum atomic E-state index is 13.2. The summed E-state index contributed by atoms with van der Waals surface area (Å²) in [5.74, 6) is 0. The number of rotatable bonds is 2. The Bertz CT molecular complexity index is 817. The van der Waals surface area contributed by atoms with Gasteiger partial charge in [0.1, 0.15) is 5.69 Å². The van der Waals surface area contributed by atoms with Crippen molar-refractivity contribution in [2.24, 2.45) is 0 Å². The number of aliphatic hydroxyl groups is 2. The van der Waals surface area contributed by atoms with Gasteiger partial charge in [-0.15, -0.1) is 0 Å². The van der Waals surface area contributed by atoms with E-state index in [4.69, 9.17) is 5.11 Å². The van der Waals surface area contributed by atoms with E-state index in [1.165, 1.54) is 6.07 Å². The summed E-state index contributed by atoms with van der Waals surface area (Å²) in [7, 11) is 0. The number of alkyl halides is 6. The number of pyridine rings is 1. The van der Waals surface area contributed by atoms with Crippen LogP contribution in [0.25, 0.3) is 10.9 Å². The fraction of sp³-hybridized carbons (Fsp3) is 0.526. The Labute approximate surface area is 163 Å². The van der Waals surface area contributed by atoms with Gasteiger partial charge in [-0.2, -0.15) is 26.3 Å². The Kier molecular flexibility index (Phi) is 7.47. The third-order valence-corrected chi connectivity index (χ3v) is 4.52. The summed E-state index contributed by atoms with van der Waals surface area (Å²) >= 11 is 0. The first-order valence-corrected chi connectivity index (χ1v) is 9.11. The van der Waals surface area contributed by atoms with Gasteiger partial charge in [0, 0.05) is 18.0 Å². The molecule has 0 amide bonds. The topological polar surface area (TPSA) is 65.4 Å². The lowest BCUT2D eigenvalue weighted by molar-refractivity contribution is -0.142. The molecule has 1 aliphatic rings. The molecule has 1 aliphatic heterocycles. The summed E-state index contributed by atoms with van der Waals surface area (Å²) in [4.78, 5) is 3.22. The minimum atomic E-state index is -4.93. The lowest BCUT2D eigenvalue weighted by Crippen LogP contribution is -2.39. The minimum absolute atomic E-state index is 0.132. The van der Waals surface area contributed by atoms with Crippen LogP contribution in [-0.4, -0.2) is 34.4 Å². The molecule has 4 nitrogen and oxygen atoms in total. The summed E-state index contributed by atoms with van der Waals surface area (Å²) in [5.41, 5.74) is -3.72. The van der Waals surface area contributed by atoms with Crippen molar-refractivity contribution in [2.75, 3.05) is 13.2 Å². The average Bonchev–Trinajstić information content (AvgIpc) is 2.66. The predicted octanol–water partition coefficient (Wildman–Crippen LogP) is 4.45. The number of hydrogen-bond donors (Lipinski definition) is 3. The molecular weight excluding hydrogens is 402 g/mol. The van der Waals surface area contributed by atoms with Crippen LogP contribution in [0.2, 0.25) is 0 Å². The molecular formula is C19H22F6N2O2. The number of benzene rings is 1. The highest BCUT2D eigenvalue weighted by molar-refractivity contribution is 5.86. The predicted molar refractivity (Wildman–Crippen MR) is 95.1 cm³/mol. The fourth-order valence-electron chi connectivity index (χ4n) is 3.26. The first-order chi connectivity index (χ1) is 13.5. The SMILES string of the molecule is CCO.O[C@@H](c1cc(C(F)(F)F)nc2c(C(F)(F)F)cccc12)[C@H]1CCCCN1. The van der Waals surface area contributed by atoms with E-state index in [9.17, 15) is 31.4 Å². The van der Waals surface area contributed by atoms with Crippen molar-refractivity contribution in [3.8, 4) is 0 Å². The van der Waals surface area contributed by atoms with Crippen molar-refractivity contribution in [2.45, 2.75) is 50.7 Å². The van der Waals surface area contributed by atoms with Gasteiger partial charge >= 0.3 is 12.4 Å². The molecule has 0 saturated carbocycles. The van der Waals surface area contributed by atoms with Crippen LogP contribution in [0.3, 0.4) is 0 Å². The standard InChI is InChI=1S/C17H16F6N2O.C2H6O/c18-16(19,20)11-5-3-4-9-10(15(26)12-6-1-2-7-24-12)8-13(17(21,22)23)25-14(9)11;1-2-3/h3-5,8,12,15,24,26H,1-2,6-7H2;3H,2H2,1H3/t12-,15+;/m1./s1. The van der Waals surface area contributed by atoms with Crippen LogP contribution < -0.4 is 5.32 Å². The molecule has 2 aromatic rings. The van der Waals surface area contributed by atoms with Gasteiger partial charge in [-0.25, -0.2) is 4.98 Å².